The van der Waals surface area contributed by atoms with Crippen LogP contribution in [-0.2, 0) is 16.0 Å². The number of rotatable bonds is 2. The van der Waals surface area contributed by atoms with E-state index in [2.05, 4.69) is 4.99 Å². The number of halogens is 1. The summed E-state index contributed by atoms with van der Waals surface area (Å²) in [4.78, 5) is 30.2. The molecule has 1 aliphatic rings. The molecule has 2 aromatic carbocycles. The monoisotopic (exact) mass is 380 g/mol. The summed E-state index contributed by atoms with van der Waals surface area (Å²) in [6.45, 7) is 0.559. The second-order valence-electron chi connectivity index (χ2n) is 6.33. The summed E-state index contributed by atoms with van der Waals surface area (Å²) in [6, 6.07) is 14.4. The lowest BCUT2D eigenvalue weighted by Gasteiger charge is -2.15. The van der Waals surface area contributed by atoms with Gasteiger partial charge in [0.1, 0.15) is 5.92 Å². The third-order valence-corrected chi connectivity index (χ3v) is 5.06. The highest BCUT2D eigenvalue weighted by atomic mass is 35.5. The average Bonchev–Trinajstić information content (AvgIpc) is 2.85. The molecule has 0 bridgehead atoms. The smallest absolute Gasteiger partial charge is 0.320 e. The van der Waals surface area contributed by atoms with Gasteiger partial charge >= 0.3 is 5.97 Å². The van der Waals surface area contributed by atoms with Crippen molar-refractivity contribution in [3.63, 3.8) is 0 Å². The van der Waals surface area contributed by atoms with Gasteiger partial charge in [0.05, 0.1) is 12.6 Å². The van der Waals surface area contributed by atoms with E-state index in [1.54, 1.807) is 35.0 Å². The van der Waals surface area contributed by atoms with Gasteiger partial charge in [-0.2, -0.15) is 0 Å². The highest BCUT2D eigenvalue weighted by molar-refractivity contribution is 6.30. The lowest BCUT2D eigenvalue weighted by Crippen LogP contribution is -2.23. The van der Waals surface area contributed by atoms with Gasteiger partial charge in [-0.3, -0.25) is 19.1 Å². The molecule has 5 nitrogen and oxygen atoms in total. The van der Waals surface area contributed by atoms with Crippen molar-refractivity contribution >= 4 is 40.6 Å². The number of methoxy groups -OCH3 is 1. The van der Waals surface area contributed by atoms with Gasteiger partial charge in [-0.05, 0) is 42.3 Å². The number of carbonyl (C=O) groups is 2. The second-order valence-corrected chi connectivity index (χ2v) is 6.77. The molecule has 0 amide bonds. The number of fused-ring (bicyclic) bond motifs is 3. The van der Waals surface area contributed by atoms with Crippen LogP contribution in [0.5, 0.6) is 0 Å². The normalized spacial score (nSPS) is 16.0. The molecule has 1 atom stereocenters. The van der Waals surface area contributed by atoms with Crippen molar-refractivity contribution < 1.29 is 14.3 Å². The van der Waals surface area contributed by atoms with Crippen LogP contribution in [0.1, 0.15) is 27.5 Å². The number of benzene rings is 2. The summed E-state index contributed by atoms with van der Waals surface area (Å²) in [5, 5.41) is 1.51. The number of ether oxygens (including phenoxy) is 1. The highest BCUT2D eigenvalue weighted by Crippen LogP contribution is 2.34. The van der Waals surface area contributed by atoms with Crippen LogP contribution in [0.3, 0.4) is 0 Å². The van der Waals surface area contributed by atoms with E-state index in [0.717, 1.165) is 16.5 Å². The minimum atomic E-state index is -0.726. The first-order valence-corrected chi connectivity index (χ1v) is 9.00. The Morgan fingerprint density at radius 1 is 1.15 bits per heavy atom. The fraction of sp³-hybridized carbons (Fsp3) is 0.190. The third kappa shape index (κ3) is 2.94. The maximum Gasteiger partial charge on any atom is 0.320 e. The number of aromatic nitrogens is 1. The maximum atomic E-state index is 13.4. The Morgan fingerprint density at radius 2 is 1.89 bits per heavy atom. The molecule has 4 rings (SSSR count). The van der Waals surface area contributed by atoms with Crippen LogP contribution >= 0.6 is 11.6 Å². The molecular weight excluding hydrogens is 364 g/mol. The number of esters is 1. The molecule has 1 unspecified atom stereocenters. The summed E-state index contributed by atoms with van der Waals surface area (Å²) in [5.74, 6) is -1.38. The summed E-state index contributed by atoms with van der Waals surface area (Å²) in [7, 11) is 1.34. The Morgan fingerprint density at radius 3 is 2.63 bits per heavy atom. The molecule has 136 valence electrons. The first-order valence-electron chi connectivity index (χ1n) is 8.62. The van der Waals surface area contributed by atoms with Crippen molar-refractivity contribution in [3.8, 4) is 0 Å². The molecule has 0 N–H and O–H groups in total. The van der Waals surface area contributed by atoms with Crippen LogP contribution in [0.25, 0.3) is 10.9 Å². The Hall–Kier alpha value is -2.92. The zero-order valence-electron chi connectivity index (χ0n) is 14.7. The van der Waals surface area contributed by atoms with Gasteiger partial charge in [-0.1, -0.05) is 29.8 Å². The first kappa shape index (κ1) is 17.5. The number of hydrogen-bond acceptors (Lipinski definition) is 4. The number of aliphatic imine (C=N–C) groups is 1. The van der Waals surface area contributed by atoms with Gasteiger partial charge in [0, 0.05) is 34.4 Å². The van der Waals surface area contributed by atoms with E-state index in [4.69, 9.17) is 16.3 Å². The van der Waals surface area contributed by atoms with Gasteiger partial charge < -0.3 is 4.74 Å². The second kappa shape index (κ2) is 7.00. The molecule has 27 heavy (non-hydrogen) atoms. The Balaban J connectivity index is 2.00. The van der Waals surface area contributed by atoms with Crippen molar-refractivity contribution in [3.05, 3.63) is 70.4 Å². The van der Waals surface area contributed by atoms with Crippen molar-refractivity contribution in [2.75, 3.05) is 13.7 Å². The lowest BCUT2D eigenvalue weighted by atomic mass is 10.00. The standard InChI is InChI=1S/C21H17ClN2O3/c1-27-21(26)17-12-23-11-10-16-15-4-2-3-5-18(15)24(19(16)17)20(25)13-6-8-14(22)9-7-13/h2-9,12,17H,10-11H2,1H3. The van der Waals surface area contributed by atoms with Crippen molar-refractivity contribution in [2.45, 2.75) is 12.3 Å². The SMILES string of the molecule is COC(=O)C1C=NCCc2c1n(C(=O)c1ccc(Cl)cc1)c1ccccc21. The minimum absolute atomic E-state index is 0.215. The van der Waals surface area contributed by atoms with Gasteiger partial charge in [0.15, 0.2) is 0 Å². The fourth-order valence-electron chi connectivity index (χ4n) is 3.58. The summed E-state index contributed by atoms with van der Waals surface area (Å²) in [6.07, 6.45) is 2.24. The molecule has 2 heterocycles. The van der Waals surface area contributed by atoms with Crippen LogP contribution in [0.4, 0.5) is 0 Å². The Labute approximate surface area is 161 Å². The van der Waals surface area contributed by atoms with Crippen molar-refractivity contribution in [2.24, 2.45) is 4.99 Å². The molecule has 1 aromatic heterocycles. The van der Waals surface area contributed by atoms with E-state index in [1.165, 1.54) is 7.11 Å². The zero-order chi connectivity index (χ0) is 19.0. The summed E-state index contributed by atoms with van der Waals surface area (Å²) >= 11 is 5.96. The topological polar surface area (TPSA) is 60.7 Å². The Bertz CT molecular complexity index is 1070. The molecule has 0 aliphatic carbocycles. The van der Waals surface area contributed by atoms with Gasteiger partial charge in [-0.25, -0.2) is 0 Å². The van der Waals surface area contributed by atoms with Crippen LogP contribution in [-0.4, -0.2) is 36.3 Å². The maximum absolute atomic E-state index is 13.4. The molecule has 0 spiro atoms. The average molecular weight is 381 g/mol. The van der Waals surface area contributed by atoms with Gasteiger partial charge in [-0.15, -0.1) is 0 Å². The van der Waals surface area contributed by atoms with Gasteiger partial charge in [0.25, 0.3) is 5.91 Å². The highest BCUT2D eigenvalue weighted by Gasteiger charge is 2.32. The lowest BCUT2D eigenvalue weighted by molar-refractivity contribution is -0.140. The largest absolute Gasteiger partial charge is 0.468 e. The van der Waals surface area contributed by atoms with E-state index >= 15 is 0 Å². The molecule has 0 radical (unpaired) electrons. The molecular formula is C21H17ClN2O3. The summed E-state index contributed by atoms with van der Waals surface area (Å²) in [5.41, 5.74) is 2.85. The number of para-hydroxylation sites is 1. The van der Waals surface area contributed by atoms with Crippen LogP contribution in [0, 0.1) is 0 Å². The molecule has 0 saturated carbocycles. The van der Waals surface area contributed by atoms with Gasteiger partial charge in [0.2, 0.25) is 0 Å². The number of nitrogens with zero attached hydrogens (tertiary/aromatic N) is 2. The minimum Gasteiger partial charge on any atom is -0.468 e. The van der Waals surface area contributed by atoms with Crippen LogP contribution < -0.4 is 0 Å². The predicted octanol–water partition coefficient (Wildman–Crippen LogP) is 3.87. The predicted molar refractivity (Wildman–Crippen MR) is 105 cm³/mol. The van der Waals surface area contributed by atoms with E-state index in [9.17, 15) is 9.59 Å². The zero-order valence-corrected chi connectivity index (χ0v) is 15.4. The quantitative estimate of drug-likeness (QED) is 0.634. The molecule has 0 saturated heterocycles. The van der Waals surface area contributed by atoms with Crippen molar-refractivity contribution in [1.29, 1.82) is 0 Å². The van der Waals surface area contributed by atoms with Crippen molar-refractivity contribution in [1.82, 2.24) is 4.57 Å². The molecule has 0 fully saturated rings. The molecule has 3 aromatic rings. The molecule has 6 heteroatoms. The van der Waals surface area contributed by atoms with E-state index < -0.39 is 11.9 Å². The molecule has 1 aliphatic heterocycles. The van der Waals surface area contributed by atoms with E-state index in [1.807, 2.05) is 24.3 Å². The number of carbonyl (C=O) groups excluding carboxylic acids is 2. The Kier molecular flexibility index (Phi) is 4.54. The summed E-state index contributed by atoms with van der Waals surface area (Å²) < 4.78 is 6.60. The number of hydrogen-bond donors (Lipinski definition) is 0. The third-order valence-electron chi connectivity index (χ3n) is 4.81. The van der Waals surface area contributed by atoms with E-state index in [-0.39, 0.29) is 5.91 Å². The van der Waals surface area contributed by atoms with Crippen LogP contribution in [0.2, 0.25) is 5.02 Å². The van der Waals surface area contributed by atoms with E-state index in [0.29, 0.717) is 29.2 Å². The van der Waals surface area contributed by atoms with Crippen LogP contribution in [0.15, 0.2) is 53.5 Å². The first-order chi connectivity index (χ1) is 13.1. The fourth-order valence-corrected chi connectivity index (χ4v) is 3.71.